The SMILES string of the molecule is O=C(O)c1nc2ccccc2nc1NCCc1ccccc1. The number of aromatic nitrogens is 2. The molecule has 0 aliphatic carbocycles. The lowest BCUT2D eigenvalue weighted by molar-refractivity contribution is 0.0691. The van der Waals surface area contributed by atoms with Crippen molar-refractivity contribution in [2.24, 2.45) is 0 Å². The second-order valence-electron chi connectivity index (χ2n) is 4.88. The maximum Gasteiger partial charge on any atom is 0.358 e. The Morgan fingerprint density at radius 3 is 2.27 bits per heavy atom. The summed E-state index contributed by atoms with van der Waals surface area (Å²) in [7, 11) is 0. The third kappa shape index (κ3) is 3.03. The fourth-order valence-corrected chi connectivity index (χ4v) is 2.24. The van der Waals surface area contributed by atoms with E-state index in [9.17, 15) is 9.90 Å². The first-order valence-corrected chi connectivity index (χ1v) is 7.02. The van der Waals surface area contributed by atoms with Gasteiger partial charge in [-0.3, -0.25) is 0 Å². The Balaban J connectivity index is 1.82. The molecule has 3 aromatic rings. The highest BCUT2D eigenvalue weighted by Crippen LogP contribution is 2.17. The summed E-state index contributed by atoms with van der Waals surface area (Å²) in [6.45, 7) is 0.595. The van der Waals surface area contributed by atoms with E-state index in [2.05, 4.69) is 15.3 Å². The maximum absolute atomic E-state index is 11.4. The van der Waals surface area contributed by atoms with Crippen LogP contribution in [-0.2, 0) is 6.42 Å². The van der Waals surface area contributed by atoms with E-state index in [-0.39, 0.29) is 5.69 Å². The van der Waals surface area contributed by atoms with Crippen molar-refractivity contribution in [3.05, 3.63) is 65.9 Å². The number of hydrogen-bond donors (Lipinski definition) is 2. The zero-order valence-corrected chi connectivity index (χ0v) is 11.9. The van der Waals surface area contributed by atoms with Crippen molar-refractivity contribution in [3.8, 4) is 0 Å². The highest BCUT2D eigenvalue weighted by Gasteiger charge is 2.14. The van der Waals surface area contributed by atoms with Crippen LogP contribution in [0.5, 0.6) is 0 Å². The number of anilines is 1. The van der Waals surface area contributed by atoms with E-state index in [0.717, 1.165) is 6.42 Å². The lowest BCUT2D eigenvalue weighted by atomic mass is 10.1. The van der Waals surface area contributed by atoms with Crippen molar-refractivity contribution in [2.75, 3.05) is 11.9 Å². The minimum atomic E-state index is -1.08. The molecule has 5 heteroatoms. The molecule has 0 spiro atoms. The van der Waals surface area contributed by atoms with Gasteiger partial charge in [0.05, 0.1) is 11.0 Å². The third-order valence-corrected chi connectivity index (χ3v) is 3.32. The van der Waals surface area contributed by atoms with Crippen molar-refractivity contribution in [1.29, 1.82) is 0 Å². The van der Waals surface area contributed by atoms with E-state index in [1.54, 1.807) is 6.07 Å². The topological polar surface area (TPSA) is 75.1 Å². The average molecular weight is 293 g/mol. The summed E-state index contributed by atoms with van der Waals surface area (Å²) < 4.78 is 0. The number of hydrogen-bond acceptors (Lipinski definition) is 4. The summed E-state index contributed by atoms with van der Waals surface area (Å²) in [5.74, 6) is -0.775. The molecule has 0 radical (unpaired) electrons. The number of carbonyl (C=O) groups is 1. The van der Waals surface area contributed by atoms with Crippen molar-refractivity contribution in [2.45, 2.75) is 6.42 Å². The van der Waals surface area contributed by atoms with Crippen LogP contribution in [0.3, 0.4) is 0 Å². The summed E-state index contributed by atoms with van der Waals surface area (Å²) >= 11 is 0. The number of aromatic carboxylic acids is 1. The van der Waals surface area contributed by atoms with Gasteiger partial charge in [0.15, 0.2) is 11.5 Å². The summed E-state index contributed by atoms with van der Waals surface area (Å²) in [6.07, 6.45) is 0.786. The van der Waals surface area contributed by atoms with Gasteiger partial charge in [0.1, 0.15) is 0 Å². The fourth-order valence-electron chi connectivity index (χ4n) is 2.24. The van der Waals surface area contributed by atoms with Gasteiger partial charge in [-0.25, -0.2) is 14.8 Å². The van der Waals surface area contributed by atoms with Crippen LogP contribution in [0.25, 0.3) is 11.0 Å². The summed E-state index contributed by atoms with van der Waals surface area (Å²) in [6, 6.07) is 17.2. The van der Waals surface area contributed by atoms with Gasteiger partial charge in [0, 0.05) is 6.54 Å². The predicted octanol–water partition coefficient (Wildman–Crippen LogP) is 2.98. The van der Waals surface area contributed by atoms with Crippen molar-refractivity contribution >= 4 is 22.8 Å². The van der Waals surface area contributed by atoms with Gasteiger partial charge in [-0.1, -0.05) is 42.5 Å². The van der Waals surface area contributed by atoms with Crippen molar-refractivity contribution in [1.82, 2.24) is 9.97 Å². The minimum Gasteiger partial charge on any atom is -0.476 e. The molecule has 0 aliphatic heterocycles. The van der Waals surface area contributed by atoms with Crippen LogP contribution in [0.1, 0.15) is 16.1 Å². The molecule has 0 aliphatic rings. The van der Waals surface area contributed by atoms with E-state index in [0.29, 0.717) is 23.4 Å². The van der Waals surface area contributed by atoms with Crippen LogP contribution in [0, 0.1) is 0 Å². The first-order chi connectivity index (χ1) is 10.7. The molecule has 110 valence electrons. The van der Waals surface area contributed by atoms with E-state index in [1.165, 1.54) is 5.56 Å². The van der Waals surface area contributed by atoms with E-state index >= 15 is 0 Å². The van der Waals surface area contributed by atoms with Gasteiger partial charge in [0.25, 0.3) is 0 Å². The molecule has 0 amide bonds. The molecule has 1 heterocycles. The molecule has 0 saturated heterocycles. The Bertz CT molecular complexity index is 803. The predicted molar refractivity (Wildman–Crippen MR) is 85.1 cm³/mol. The summed E-state index contributed by atoms with van der Waals surface area (Å²) in [5, 5.41) is 12.4. The Morgan fingerprint density at radius 2 is 1.59 bits per heavy atom. The Kier molecular flexibility index (Phi) is 3.96. The zero-order valence-electron chi connectivity index (χ0n) is 11.9. The molecular formula is C17H15N3O2. The monoisotopic (exact) mass is 293 g/mol. The van der Waals surface area contributed by atoms with E-state index in [4.69, 9.17) is 0 Å². The van der Waals surface area contributed by atoms with Gasteiger partial charge in [0.2, 0.25) is 0 Å². The first-order valence-electron chi connectivity index (χ1n) is 7.02. The molecule has 0 atom stereocenters. The van der Waals surface area contributed by atoms with Gasteiger partial charge in [-0.15, -0.1) is 0 Å². The largest absolute Gasteiger partial charge is 0.476 e. The number of fused-ring (bicyclic) bond motifs is 1. The zero-order chi connectivity index (χ0) is 15.4. The van der Waals surface area contributed by atoms with Crippen molar-refractivity contribution < 1.29 is 9.90 Å². The standard InChI is InChI=1S/C17H15N3O2/c21-17(22)15-16(18-11-10-12-6-2-1-3-7-12)20-14-9-5-4-8-13(14)19-15/h1-9H,10-11H2,(H,18,20)(H,21,22). The molecule has 5 nitrogen and oxygen atoms in total. The lowest BCUT2D eigenvalue weighted by Gasteiger charge is -2.09. The van der Waals surface area contributed by atoms with Gasteiger partial charge in [-0.2, -0.15) is 0 Å². The normalized spacial score (nSPS) is 10.5. The first kappa shape index (κ1) is 14.0. The van der Waals surface area contributed by atoms with Crippen LogP contribution in [-0.4, -0.2) is 27.6 Å². The molecule has 0 bridgehead atoms. The Morgan fingerprint density at radius 1 is 0.955 bits per heavy atom. The smallest absolute Gasteiger partial charge is 0.358 e. The van der Waals surface area contributed by atoms with Crippen LogP contribution in [0.15, 0.2) is 54.6 Å². The second kappa shape index (κ2) is 6.22. The molecule has 0 unspecified atom stereocenters. The van der Waals surface area contributed by atoms with Gasteiger partial charge >= 0.3 is 5.97 Å². The lowest BCUT2D eigenvalue weighted by Crippen LogP contribution is -2.13. The van der Waals surface area contributed by atoms with Crippen LogP contribution in [0.4, 0.5) is 5.82 Å². The summed E-state index contributed by atoms with van der Waals surface area (Å²) in [4.78, 5) is 19.9. The molecule has 3 rings (SSSR count). The Hall–Kier alpha value is -2.95. The number of benzene rings is 2. The molecule has 1 aromatic heterocycles. The summed E-state index contributed by atoms with van der Waals surface area (Å²) in [5.41, 5.74) is 2.38. The third-order valence-electron chi connectivity index (χ3n) is 3.32. The number of nitrogens with one attached hydrogen (secondary N) is 1. The van der Waals surface area contributed by atoms with Gasteiger partial charge in [-0.05, 0) is 24.1 Å². The van der Waals surface area contributed by atoms with Crippen LogP contribution in [0.2, 0.25) is 0 Å². The number of rotatable bonds is 5. The Labute approximate surface area is 127 Å². The van der Waals surface area contributed by atoms with Gasteiger partial charge < -0.3 is 10.4 Å². The van der Waals surface area contributed by atoms with Crippen LogP contribution >= 0.6 is 0 Å². The average Bonchev–Trinajstić information content (AvgIpc) is 2.55. The molecule has 0 saturated carbocycles. The second-order valence-corrected chi connectivity index (χ2v) is 4.88. The molecule has 22 heavy (non-hydrogen) atoms. The molecular weight excluding hydrogens is 278 g/mol. The molecule has 0 fully saturated rings. The number of para-hydroxylation sites is 2. The highest BCUT2D eigenvalue weighted by molar-refractivity contribution is 5.93. The molecule has 2 N–H and O–H groups in total. The molecule has 2 aromatic carbocycles. The fraction of sp³-hybridized carbons (Fsp3) is 0.118. The highest BCUT2D eigenvalue weighted by atomic mass is 16.4. The minimum absolute atomic E-state index is 0.0493. The number of carboxylic acids is 1. The van der Waals surface area contributed by atoms with E-state index < -0.39 is 5.97 Å². The van der Waals surface area contributed by atoms with Crippen molar-refractivity contribution in [3.63, 3.8) is 0 Å². The number of nitrogens with zero attached hydrogens (tertiary/aromatic N) is 2. The van der Waals surface area contributed by atoms with E-state index in [1.807, 2.05) is 48.5 Å². The van der Waals surface area contributed by atoms with Crippen LogP contribution < -0.4 is 5.32 Å². The quantitative estimate of drug-likeness (QED) is 0.756. The number of carboxylic acid groups (broad SMARTS) is 1. The maximum atomic E-state index is 11.4.